The van der Waals surface area contributed by atoms with Crippen molar-refractivity contribution in [1.82, 2.24) is 4.31 Å². The molecule has 0 aliphatic carbocycles. The fraction of sp³-hybridized carbons (Fsp3) is 0.154. The fourth-order valence-corrected chi connectivity index (χ4v) is 4.30. The summed E-state index contributed by atoms with van der Waals surface area (Å²) in [6, 6.07) is 7.83. The van der Waals surface area contributed by atoms with E-state index in [9.17, 15) is 13.2 Å². The lowest BCUT2D eigenvalue weighted by molar-refractivity contribution is 0.0695. The van der Waals surface area contributed by atoms with Gasteiger partial charge in [0.15, 0.2) is 0 Å². The molecular formula is C13H12INO4S2. The summed E-state index contributed by atoms with van der Waals surface area (Å²) >= 11 is 3.34. The van der Waals surface area contributed by atoms with Crippen LogP contribution in [-0.4, -0.2) is 30.8 Å². The van der Waals surface area contributed by atoms with Crippen LogP contribution in [-0.2, 0) is 16.6 Å². The van der Waals surface area contributed by atoms with E-state index in [0.717, 1.165) is 4.88 Å². The Morgan fingerprint density at radius 1 is 1.38 bits per heavy atom. The minimum atomic E-state index is -3.71. The number of hydrogen-bond donors (Lipinski definition) is 1. The molecule has 0 aliphatic rings. The average molecular weight is 437 g/mol. The van der Waals surface area contributed by atoms with Gasteiger partial charge in [-0.25, -0.2) is 13.2 Å². The first kappa shape index (κ1) is 16.4. The van der Waals surface area contributed by atoms with Gasteiger partial charge < -0.3 is 5.11 Å². The van der Waals surface area contributed by atoms with Gasteiger partial charge in [-0.15, -0.1) is 11.3 Å². The van der Waals surface area contributed by atoms with Crippen molar-refractivity contribution in [2.75, 3.05) is 7.05 Å². The zero-order chi connectivity index (χ0) is 15.6. The molecule has 5 nitrogen and oxygen atoms in total. The molecule has 0 fully saturated rings. The van der Waals surface area contributed by atoms with Crippen LogP contribution in [0, 0.1) is 3.57 Å². The maximum atomic E-state index is 12.5. The molecule has 21 heavy (non-hydrogen) atoms. The summed E-state index contributed by atoms with van der Waals surface area (Å²) in [5.41, 5.74) is -0.0128. The molecule has 8 heteroatoms. The number of halogens is 1. The zero-order valence-electron chi connectivity index (χ0n) is 11.0. The van der Waals surface area contributed by atoms with E-state index in [1.165, 1.54) is 40.9 Å². The number of carboxylic acids is 1. The van der Waals surface area contributed by atoms with E-state index >= 15 is 0 Å². The Hall–Kier alpha value is -0.970. The van der Waals surface area contributed by atoms with Crippen molar-refractivity contribution in [2.45, 2.75) is 11.4 Å². The molecule has 0 spiro atoms. The van der Waals surface area contributed by atoms with Crippen LogP contribution in [0.2, 0.25) is 0 Å². The van der Waals surface area contributed by atoms with Crippen LogP contribution in [0.5, 0.6) is 0 Å². The fourth-order valence-electron chi connectivity index (χ4n) is 1.72. The highest BCUT2D eigenvalue weighted by molar-refractivity contribution is 14.1. The highest BCUT2D eigenvalue weighted by atomic mass is 127. The monoisotopic (exact) mass is 437 g/mol. The maximum absolute atomic E-state index is 12.5. The van der Waals surface area contributed by atoms with Gasteiger partial charge in [-0.2, -0.15) is 4.31 Å². The summed E-state index contributed by atoms with van der Waals surface area (Å²) in [5.74, 6) is -1.14. The van der Waals surface area contributed by atoms with Crippen molar-refractivity contribution in [1.29, 1.82) is 0 Å². The summed E-state index contributed by atoms with van der Waals surface area (Å²) in [6.45, 7) is 0.258. The Morgan fingerprint density at radius 2 is 2.10 bits per heavy atom. The first-order valence-corrected chi connectivity index (χ1v) is 9.24. The standard InChI is InChI=1S/C13H12INO4S2/c1-15(8-9-3-2-6-20-9)21(18,19)10-4-5-12(14)11(7-10)13(16)17/h2-7H,8H2,1H3,(H,16,17). The number of carboxylic acid groups (broad SMARTS) is 1. The highest BCUT2D eigenvalue weighted by Crippen LogP contribution is 2.22. The van der Waals surface area contributed by atoms with Crippen molar-refractivity contribution in [3.8, 4) is 0 Å². The minimum Gasteiger partial charge on any atom is -0.478 e. The predicted molar refractivity (Wildman–Crippen MR) is 89.1 cm³/mol. The third kappa shape index (κ3) is 3.62. The molecule has 0 bridgehead atoms. The number of rotatable bonds is 5. The molecule has 1 heterocycles. The molecule has 1 aromatic carbocycles. The Labute approximate surface area is 140 Å². The number of hydrogen-bond acceptors (Lipinski definition) is 4. The lowest BCUT2D eigenvalue weighted by Crippen LogP contribution is -2.26. The first-order valence-electron chi connectivity index (χ1n) is 5.84. The molecule has 1 N–H and O–H groups in total. The van der Waals surface area contributed by atoms with Gasteiger partial charge in [0, 0.05) is 22.0 Å². The van der Waals surface area contributed by atoms with Crippen LogP contribution < -0.4 is 0 Å². The second kappa shape index (κ2) is 6.42. The molecule has 1 aromatic heterocycles. The van der Waals surface area contributed by atoms with Crippen LogP contribution in [0.3, 0.4) is 0 Å². The molecule has 112 valence electrons. The van der Waals surface area contributed by atoms with Crippen molar-refractivity contribution < 1.29 is 18.3 Å². The van der Waals surface area contributed by atoms with Crippen LogP contribution in [0.25, 0.3) is 0 Å². The number of aromatic carboxylic acids is 1. The summed E-state index contributed by atoms with van der Waals surface area (Å²) in [7, 11) is -2.23. The average Bonchev–Trinajstić information content (AvgIpc) is 2.91. The number of sulfonamides is 1. The molecule has 0 saturated carbocycles. The summed E-state index contributed by atoms with van der Waals surface area (Å²) in [5, 5.41) is 11.0. The number of benzene rings is 1. The second-order valence-electron chi connectivity index (χ2n) is 4.29. The number of carbonyl (C=O) groups is 1. The van der Waals surface area contributed by atoms with Gasteiger partial charge in [-0.1, -0.05) is 6.07 Å². The Bertz CT molecular complexity index is 756. The summed E-state index contributed by atoms with van der Waals surface area (Å²) < 4.78 is 26.7. The van der Waals surface area contributed by atoms with E-state index in [0.29, 0.717) is 3.57 Å². The van der Waals surface area contributed by atoms with Crippen LogP contribution in [0.1, 0.15) is 15.2 Å². The summed E-state index contributed by atoms with van der Waals surface area (Å²) in [6.07, 6.45) is 0. The molecule has 0 saturated heterocycles. The second-order valence-corrected chi connectivity index (χ2v) is 8.53. The molecule has 2 aromatic rings. The largest absolute Gasteiger partial charge is 0.478 e. The van der Waals surface area contributed by atoms with Gasteiger partial charge in [0.05, 0.1) is 10.5 Å². The smallest absolute Gasteiger partial charge is 0.336 e. The van der Waals surface area contributed by atoms with Gasteiger partial charge in [0.25, 0.3) is 0 Å². The molecular weight excluding hydrogens is 425 g/mol. The third-order valence-electron chi connectivity index (χ3n) is 2.84. The molecule has 0 aliphatic heterocycles. The number of thiophene rings is 1. The zero-order valence-corrected chi connectivity index (χ0v) is 14.8. The normalized spacial score (nSPS) is 11.8. The van der Waals surface area contributed by atoms with E-state index < -0.39 is 16.0 Å². The SMILES string of the molecule is CN(Cc1cccs1)S(=O)(=O)c1ccc(I)c(C(=O)O)c1. The lowest BCUT2D eigenvalue weighted by Gasteiger charge is -2.17. The molecule has 0 atom stereocenters. The predicted octanol–water partition coefficient (Wildman–Crippen LogP) is 2.87. The molecule has 0 radical (unpaired) electrons. The van der Waals surface area contributed by atoms with Crippen molar-refractivity contribution in [3.05, 3.63) is 49.7 Å². The van der Waals surface area contributed by atoms with Gasteiger partial charge in [0.1, 0.15) is 0 Å². The van der Waals surface area contributed by atoms with E-state index in [4.69, 9.17) is 5.11 Å². The Balaban J connectivity index is 2.35. The van der Waals surface area contributed by atoms with Gasteiger partial charge in [0.2, 0.25) is 10.0 Å². The maximum Gasteiger partial charge on any atom is 0.336 e. The van der Waals surface area contributed by atoms with Gasteiger partial charge in [-0.3, -0.25) is 0 Å². The highest BCUT2D eigenvalue weighted by Gasteiger charge is 2.23. The van der Waals surface area contributed by atoms with Gasteiger partial charge >= 0.3 is 5.97 Å². The molecule has 2 rings (SSSR count). The van der Waals surface area contributed by atoms with Crippen molar-refractivity contribution >= 4 is 49.9 Å². The van der Waals surface area contributed by atoms with Crippen LogP contribution in [0.4, 0.5) is 0 Å². The minimum absolute atomic E-state index is 0.0128. The van der Waals surface area contributed by atoms with Gasteiger partial charge in [-0.05, 0) is 52.2 Å². The molecule has 0 unspecified atom stereocenters. The quantitative estimate of drug-likeness (QED) is 0.731. The first-order chi connectivity index (χ1) is 9.82. The van der Waals surface area contributed by atoms with E-state index in [2.05, 4.69) is 0 Å². The van der Waals surface area contributed by atoms with E-state index in [1.807, 2.05) is 40.1 Å². The van der Waals surface area contributed by atoms with Crippen molar-refractivity contribution in [3.63, 3.8) is 0 Å². The van der Waals surface area contributed by atoms with E-state index in [-0.39, 0.29) is 17.0 Å². The van der Waals surface area contributed by atoms with E-state index in [1.54, 1.807) is 0 Å². The Morgan fingerprint density at radius 3 is 2.67 bits per heavy atom. The summed E-state index contributed by atoms with van der Waals surface area (Å²) in [4.78, 5) is 12.0. The number of nitrogens with zero attached hydrogens (tertiary/aromatic N) is 1. The van der Waals surface area contributed by atoms with Crippen LogP contribution in [0.15, 0.2) is 40.6 Å². The topological polar surface area (TPSA) is 74.7 Å². The third-order valence-corrected chi connectivity index (χ3v) is 6.44. The lowest BCUT2D eigenvalue weighted by atomic mass is 10.2. The van der Waals surface area contributed by atoms with Crippen molar-refractivity contribution in [2.24, 2.45) is 0 Å². The Kier molecular flexibility index (Phi) is 5.02. The van der Waals surface area contributed by atoms with Crippen LogP contribution >= 0.6 is 33.9 Å². The molecule has 0 amide bonds.